The number of hydrogen-bond acceptors (Lipinski definition) is 2. The summed E-state index contributed by atoms with van der Waals surface area (Å²) < 4.78 is 0. The van der Waals surface area contributed by atoms with Gasteiger partial charge in [0.05, 0.1) is 12.2 Å². The van der Waals surface area contributed by atoms with Crippen LogP contribution in [0.25, 0.3) is 0 Å². The van der Waals surface area contributed by atoms with Crippen LogP contribution in [0.15, 0.2) is 12.7 Å². The predicted octanol–water partition coefficient (Wildman–Crippen LogP) is 1.87. The Morgan fingerprint density at radius 1 is 1.21 bits per heavy atom. The molecule has 0 rings (SSSR count). The Hall–Kier alpha value is -0.780. The summed E-state index contributed by atoms with van der Waals surface area (Å²) in [4.78, 5) is 0. The fraction of sp³-hybridized carbons (Fsp3) is 0.667. The summed E-state index contributed by atoms with van der Waals surface area (Å²) in [5, 5.41) is 18.8. The van der Waals surface area contributed by atoms with Crippen LogP contribution in [0.4, 0.5) is 0 Å². The largest absolute Gasteiger partial charge is 0.390 e. The van der Waals surface area contributed by atoms with E-state index in [4.69, 9.17) is 6.42 Å². The molecule has 0 heterocycles. The third-order valence-corrected chi connectivity index (χ3v) is 2.18. The first-order valence-corrected chi connectivity index (χ1v) is 5.12. The standard InChI is InChI=1S/C12H20O2/c1-3-5-6-7-8-10-12(14)11(13)9-4-2/h2-3,11-14H,1,5-10H2/t11-,12-/m0/s1. The number of terminal acetylenes is 1. The highest BCUT2D eigenvalue weighted by atomic mass is 16.3. The second-order valence-corrected chi connectivity index (χ2v) is 3.47. The first-order chi connectivity index (χ1) is 6.72. The molecule has 0 saturated carbocycles. The van der Waals surface area contributed by atoms with E-state index in [1.165, 1.54) is 0 Å². The summed E-state index contributed by atoms with van der Waals surface area (Å²) in [6.45, 7) is 3.63. The molecule has 0 radical (unpaired) electrons. The highest BCUT2D eigenvalue weighted by molar-refractivity contribution is 4.89. The van der Waals surface area contributed by atoms with Crippen molar-refractivity contribution in [2.45, 2.75) is 50.7 Å². The van der Waals surface area contributed by atoms with E-state index in [0.717, 1.165) is 25.7 Å². The Bertz CT molecular complexity index is 181. The van der Waals surface area contributed by atoms with Crippen molar-refractivity contribution in [3.8, 4) is 12.3 Å². The lowest BCUT2D eigenvalue weighted by atomic mass is 10.0. The Labute approximate surface area is 86.7 Å². The molecule has 2 heteroatoms. The average molecular weight is 196 g/mol. The van der Waals surface area contributed by atoms with Crippen LogP contribution in [0.3, 0.4) is 0 Å². The van der Waals surface area contributed by atoms with Crippen molar-refractivity contribution < 1.29 is 10.2 Å². The molecule has 0 amide bonds. The molecule has 0 spiro atoms. The third-order valence-electron chi connectivity index (χ3n) is 2.18. The molecule has 2 N–H and O–H groups in total. The Morgan fingerprint density at radius 2 is 1.93 bits per heavy atom. The molecular formula is C12H20O2. The van der Waals surface area contributed by atoms with Crippen molar-refractivity contribution in [3.63, 3.8) is 0 Å². The van der Waals surface area contributed by atoms with E-state index in [2.05, 4.69) is 12.5 Å². The summed E-state index contributed by atoms with van der Waals surface area (Å²) >= 11 is 0. The Balaban J connectivity index is 3.39. The number of hydrogen-bond donors (Lipinski definition) is 2. The molecule has 0 fully saturated rings. The van der Waals surface area contributed by atoms with Crippen molar-refractivity contribution in [2.75, 3.05) is 0 Å². The van der Waals surface area contributed by atoms with Crippen molar-refractivity contribution in [1.29, 1.82) is 0 Å². The molecule has 0 aromatic heterocycles. The SMILES string of the molecule is C#CC[C@H](O)[C@@H](O)CCCCCC=C. The van der Waals surface area contributed by atoms with E-state index in [-0.39, 0.29) is 6.42 Å². The van der Waals surface area contributed by atoms with Gasteiger partial charge in [-0.1, -0.05) is 18.9 Å². The van der Waals surface area contributed by atoms with E-state index in [0.29, 0.717) is 6.42 Å². The molecular weight excluding hydrogens is 176 g/mol. The fourth-order valence-corrected chi connectivity index (χ4v) is 1.27. The second kappa shape index (κ2) is 8.80. The zero-order valence-electron chi connectivity index (χ0n) is 8.65. The summed E-state index contributed by atoms with van der Waals surface area (Å²) in [5.41, 5.74) is 0. The number of rotatable bonds is 8. The number of aliphatic hydroxyl groups excluding tert-OH is 2. The molecule has 0 aromatic carbocycles. The maximum atomic E-state index is 9.44. The lowest BCUT2D eigenvalue weighted by molar-refractivity contribution is 0.0165. The number of aliphatic hydroxyl groups is 2. The fourth-order valence-electron chi connectivity index (χ4n) is 1.27. The zero-order valence-corrected chi connectivity index (χ0v) is 8.65. The normalized spacial score (nSPS) is 14.4. The highest BCUT2D eigenvalue weighted by Crippen LogP contribution is 2.10. The van der Waals surface area contributed by atoms with E-state index < -0.39 is 12.2 Å². The third kappa shape index (κ3) is 6.71. The summed E-state index contributed by atoms with van der Waals surface area (Å²) in [5.74, 6) is 2.34. The van der Waals surface area contributed by atoms with E-state index >= 15 is 0 Å². The predicted molar refractivity (Wildman–Crippen MR) is 58.7 cm³/mol. The van der Waals surface area contributed by atoms with Crippen LogP contribution in [-0.4, -0.2) is 22.4 Å². The van der Waals surface area contributed by atoms with Gasteiger partial charge in [-0.15, -0.1) is 18.9 Å². The minimum Gasteiger partial charge on any atom is -0.390 e. The van der Waals surface area contributed by atoms with Crippen molar-refractivity contribution >= 4 is 0 Å². The molecule has 0 unspecified atom stereocenters. The van der Waals surface area contributed by atoms with Gasteiger partial charge in [-0.3, -0.25) is 0 Å². The summed E-state index contributed by atoms with van der Waals surface area (Å²) in [7, 11) is 0. The lowest BCUT2D eigenvalue weighted by Crippen LogP contribution is -2.25. The van der Waals surface area contributed by atoms with Crippen LogP contribution in [0.2, 0.25) is 0 Å². The van der Waals surface area contributed by atoms with Gasteiger partial charge in [-0.25, -0.2) is 0 Å². The van der Waals surface area contributed by atoms with Crippen molar-refractivity contribution in [1.82, 2.24) is 0 Å². The maximum absolute atomic E-state index is 9.44. The maximum Gasteiger partial charge on any atom is 0.0907 e. The van der Waals surface area contributed by atoms with Gasteiger partial charge in [-0.2, -0.15) is 0 Å². The smallest absolute Gasteiger partial charge is 0.0907 e. The van der Waals surface area contributed by atoms with Crippen LogP contribution in [0.5, 0.6) is 0 Å². The van der Waals surface area contributed by atoms with Crippen LogP contribution >= 0.6 is 0 Å². The Morgan fingerprint density at radius 3 is 2.50 bits per heavy atom. The lowest BCUT2D eigenvalue weighted by Gasteiger charge is -2.14. The monoisotopic (exact) mass is 196 g/mol. The average Bonchev–Trinajstić information content (AvgIpc) is 2.17. The Kier molecular flexibility index (Phi) is 8.31. The molecule has 2 atom stereocenters. The van der Waals surface area contributed by atoms with Crippen LogP contribution < -0.4 is 0 Å². The number of allylic oxidation sites excluding steroid dienone is 1. The van der Waals surface area contributed by atoms with Gasteiger partial charge in [0.2, 0.25) is 0 Å². The van der Waals surface area contributed by atoms with Crippen LogP contribution in [0.1, 0.15) is 38.5 Å². The molecule has 2 nitrogen and oxygen atoms in total. The minimum absolute atomic E-state index is 0.230. The molecule has 0 aliphatic rings. The van der Waals surface area contributed by atoms with Crippen LogP contribution in [-0.2, 0) is 0 Å². The van der Waals surface area contributed by atoms with Gasteiger partial charge in [0.25, 0.3) is 0 Å². The molecule has 0 aromatic rings. The van der Waals surface area contributed by atoms with Gasteiger partial charge in [0, 0.05) is 6.42 Å². The summed E-state index contributed by atoms with van der Waals surface area (Å²) in [6, 6.07) is 0. The summed E-state index contributed by atoms with van der Waals surface area (Å²) in [6.07, 6.45) is 10.4. The minimum atomic E-state index is -0.764. The molecule has 0 bridgehead atoms. The van der Waals surface area contributed by atoms with Gasteiger partial charge in [0.15, 0.2) is 0 Å². The van der Waals surface area contributed by atoms with Crippen LogP contribution in [0, 0.1) is 12.3 Å². The zero-order chi connectivity index (χ0) is 10.8. The van der Waals surface area contributed by atoms with Gasteiger partial charge in [-0.05, 0) is 19.3 Å². The molecule has 0 aliphatic carbocycles. The molecule has 14 heavy (non-hydrogen) atoms. The van der Waals surface area contributed by atoms with E-state index in [1.807, 2.05) is 6.08 Å². The van der Waals surface area contributed by atoms with Gasteiger partial charge >= 0.3 is 0 Å². The number of unbranched alkanes of at least 4 members (excludes halogenated alkanes) is 3. The van der Waals surface area contributed by atoms with Gasteiger partial charge in [0.1, 0.15) is 0 Å². The quantitative estimate of drug-likeness (QED) is 0.353. The topological polar surface area (TPSA) is 40.5 Å². The van der Waals surface area contributed by atoms with E-state index in [9.17, 15) is 10.2 Å². The highest BCUT2D eigenvalue weighted by Gasteiger charge is 2.13. The van der Waals surface area contributed by atoms with Crippen molar-refractivity contribution in [3.05, 3.63) is 12.7 Å². The first-order valence-electron chi connectivity index (χ1n) is 5.12. The second-order valence-electron chi connectivity index (χ2n) is 3.47. The van der Waals surface area contributed by atoms with E-state index in [1.54, 1.807) is 0 Å². The van der Waals surface area contributed by atoms with Gasteiger partial charge < -0.3 is 10.2 Å². The molecule has 0 aliphatic heterocycles. The van der Waals surface area contributed by atoms with Crippen molar-refractivity contribution in [2.24, 2.45) is 0 Å². The first kappa shape index (κ1) is 13.2. The molecule has 80 valence electrons. The molecule has 0 saturated heterocycles.